The van der Waals surface area contributed by atoms with Crippen LogP contribution in [0.5, 0.6) is 11.5 Å². The Labute approximate surface area is 112 Å². The van der Waals surface area contributed by atoms with Crippen LogP contribution in [0.4, 0.5) is 0 Å². The quantitative estimate of drug-likeness (QED) is 0.657. The third-order valence-corrected chi connectivity index (χ3v) is 2.85. The normalized spacial score (nSPS) is 13.7. The number of hydrogen-bond acceptors (Lipinski definition) is 5. The molecule has 0 fully saturated rings. The zero-order valence-corrected chi connectivity index (χ0v) is 11.3. The minimum atomic E-state index is -1.21. The van der Waals surface area contributed by atoms with Crippen molar-refractivity contribution in [1.82, 2.24) is 5.32 Å². The molecule has 0 aliphatic carbocycles. The molecule has 0 radical (unpaired) electrons. The number of rotatable bonds is 7. The molecule has 2 unspecified atom stereocenters. The molecule has 0 aromatic heterocycles. The van der Waals surface area contributed by atoms with Crippen molar-refractivity contribution in [2.45, 2.75) is 19.1 Å². The second-order valence-electron chi connectivity index (χ2n) is 4.16. The maximum Gasteiger partial charge on any atom is 0.247 e. The van der Waals surface area contributed by atoms with Gasteiger partial charge in [0.25, 0.3) is 0 Å². The zero-order chi connectivity index (χ0) is 14.4. The first kappa shape index (κ1) is 15.3. The van der Waals surface area contributed by atoms with Crippen LogP contribution in [-0.2, 0) is 4.79 Å². The van der Waals surface area contributed by atoms with Crippen molar-refractivity contribution in [1.29, 1.82) is 0 Å². The van der Waals surface area contributed by atoms with Gasteiger partial charge < -0.3 is 25.6 Å². The maximum atomic E-state index is 10.8. The van der Waals surface area contributed by atoms with Crippen LogP contribution in [0.3, 0.4) is 0 Å². The first-order chi connectivity index (χ1) is 8.99. The number of carbonyl (C=O) groups excluding carboxylic acids is 1. The second kappa shape index (κ2) is 6.96. The lowest BCUT2D eigenvalue weighted by molar-refractivity contribution is -0.125. The van der Waals surface area contributed by atoms with Gasteiger partial charge in [0.2, 0.25) is 5.91 Å². The molecule has 6 nitrogen and oxygen atoms in total. The summed E-state index contributed by atoms with van der Waals surface area (Å²) >= 11 is 0. The number of nitrogens with one attached hydrogen (secondary N) is 1. The number of aliphatic hydroxyl groups is 1. The Hall–Kier alpha value is -1.79. The van der Waals surface area contributed by atoms with E-state index in [0.29, 0.717) is 11.5 Å². The van der Waals surface area contributed by atoms with Crippen LogP contribution in [0.1, 0.15) is 18.5 Å². The number of methoxy groups -OCH3 is 2. The van der Waals surface area contributed by atoms with Crippen molar-refractivity contribution in [3.05, 3.63) is 23.8 Å². The fraction of sp³-hybridized carbons (Fsp3) is 0.462. The second-order valence-corrected chi connectivity index (χ2v) is 4.16. The summed E-state index contributed by atoms with van der Waals surface area (Å²) < 4.78 is 10.4. The molecule has 0 heterocycles. The summed E-state index contributed by atoms with van der Waals surface area (Å²) in [5.74, 6) is 0.659. The molecule has 1 rings (SSSR count). The third kappa shape index (κ3) is 4.11. The monoisotopic (exact) mass is 268 g/mol. The molecule has 2 atom stereocenters. The summed E-state index contributed by atoms with van der Waals surface area (Å²) in [4.78, 5) is 10.8. The van der Waals surface area contributed by atoms with Crippen molar-refractivity contribution in [2.24, 2.45) is 5.73 Å². The molecule has 0 spiro atoms. The molecule has 1 aromatic carbocycles. The van der Waals surface area contributed by atoms with E-state index in [-0.39, 0.29) is 12.6 Å². The van der Waals surface area contributed by atoms with Crippen LogP contribution < -0.4 is 20.5 Å². The van der Waals surface area contributed by atoms with Gasteiger partial charge in [0, 0.05) is 18.2 Å². The minimum absolute atomic E-state index is 0.0802. The smallest absolute Gasteiger partial charge is 0.247 e. The molecule has 0 aliphatic rings. The summed E-state index contributed by atoms with van der Waals surface area (Å²) in [6.07, 6.45) is -1.21. The third-order valence-electron chi connectivity index (χ3n) is 2.85. The van der Waals surface area contributed by atoms with Crippen molar-refractivity contribution in [3.63, 3.8) is 0 Å². The van der Waals surface area contributed by atoms with E-state index in [4.69, 9.17) is 15.2 Å². The molecule has 0 bridgehead atoms. The Kier molecular flexibility index (Phi) is 5.59. The predicted octanol–water partition coefficient (Wildman–Crippen LogP) is 0.201. The first-order valence-electron chi connectivity index (χ1n) is 5.92. The number of hydrogen-bond donors (Lipinski definition) is 3. The van der Waals surface area contributed by atoms with Gasteiger partial charge in [0.05, 0.1) is 14.2 Å². The van der Waals surface area contributed by atoms with Crippen molar-refractivity contribution in [2.75, 3.05) is 20.8 Å². The first-order valence-corrected chi connectivity index (χ1v) is 5.92. The molecule has 0 aliphatic heterocycles. The fourth-order valence-corrected chi connectivity index (χ4v) is 1.68. The van der Waals surface area contributed by atoms with Crippen LogP contribution >= 0.6 is 0 Å². The highest BCUT2D eigenvalue weighted by atomic mass is 16.5. The molecule has 4 N–H and O–H groups in total. The Bertz CT molecular complexity index is 437. The van der Waals surface area contributed by atoms with Crippen LogP contribution in [0.25, 0.3) is 0 Å². The van der Waals surface area contributed by atoms with E-state index in [0.717, 1.165) is 5.56 Å². The number of ether oxygens (including phenoxy) is 2. The topological polar surface area (TPSA) is 93.8 Å². The zero-order valence-electron chi connectivity index (χ0n) is 11.3. The Morgan fingerprint density at radius 1 is 1.42 bits per heavy atom. The highest BCUT2D eigenvalue weighted by molar-refractivity contribution is 5.78. The molecule has 0 saturated heterocycles. The number of amides is 1. The Morgan fingerprint density at radius 3 is 2.63 bits per heavy atom. The van der Waals surface area contributed by atoms with Crippen LogP contribution in [-0.4, -0.2) is 37.9 Å². The van der Waals surface area contributed by atoms with E-state index < -0.39 is 12.0 Å². The van der Waals surface area contributed by atoms with Gasteiger partial charge in [-0.2, -0.15) is 0 Å². The van der Waals surface area contributed by atoms with Gasteiger partial charge in [-0.1, -0.05) is 0 Å². The standard InChI is InChI=1S/C13H20N2O4/c1-8(15-7-11(16)13(14)17)10-6-9(18-2)4-5-12(10)19-3/h4-6,8,11,15-16H,7H2,1-3H3,(H2,14,17). The van der Waals surface area contributed by atoms with Crippen LogP contribution in [0, 0.1) is 0 Å². The number of aliphatic hydroxyl groups excluding tert-OH is 1. The average molecular weight is 268 g/mol. The largest absolute Gasteiger partial charge is 0.497 e. The SMILES string of the molecule is COc1ccc(OC)c(C(C)NCC(O)C(N)=O)c1. The predicted molar refractivity (Wildman–Crippen MR) is 71.2 cm³/mol. The lowest BCUT2D eigenvalue weighted by atomic mass is 10.1. The van der Waals surface area contributed by atoms with Gasteiger partial charge in [-0.15, -0.1) is 0 Å². The van der Waals surface area contributed by atoms with Gasteiger partial charge in [-0.25, -0.2) is 0 Å². The molecule has 1 aromatic rings. The number of benzene rings is 1. The molecule has 19 heavy (non-hydrogen) atoms. The summed E-state index contributed by atoms with van der Waals surface area (Å²) in [5, 5.41) is 12.4. The van der Waals surface area contributed by atoms with Gasteiger partial charge >= 0.3 is 0 Å². The van der Waals surface area contributed by atoms with Crippen molar-refractivity contribution >= 4 is 5.91 Å². The molecular weight excluding hydrogens is 248 g/mol. The van der Waals surface area contributed by atoms with Crippen molar-refractivity contribution < 1.29 is 19.4 Å². The van der Waals surface area contributed by atoms with E-state index in [1.807, 2.05) is 13.0 Å². The molecule has 6 heteroatoms. The van der Waals surface area contributed by atoms with E-state index >= 15 is 0 Å². The highest BCUT2D eigenvalue weighted by Gasteiger charge is 2.16. The van der Waals surface area contributed by atoms with Gasteiger partial charge in [0.1, 0.15) is 17.6 Å². The molecular formula is C13H20N2O4. The Morgan fingerprint density at radius 2 is 2.11 bits per heavy atom. The summed E-state index contributed by atoms with van der Waals surface area (Å²) in [6.45, 7) is 1.97. The van der Waals surface area contributed by atoms with Gasteiger partial charge in [0.15, 0.2) is 0 Å². The van der Waals surface area contributed by atoms with E-state index in [1.54, 1.807) is 26.4 Å². The lowest BCUT2D eigenvalue weighted by Crippen LogP contribution is -2.38. The van der Waals surface area contributed by atoms with Crippen LogP contribution in [0.2, 0.25) is 0 Å². The Balaban J connectivity index is 2.79. The fourth-order valence-electron chi connectivity index (χ4n) is 1.68. The molecule has 1 amide bonds. The van der Waals surface area contributed by atoms with E-state index in [2.05, 4.69) is 5.32 Å². The number of carbonyl (C=O) groups is 1. The van der Waals surface area contributed by atoms with Crippen LogP contribution in [0.15, 0.2) is 18.2 Å². The minimum Gasteiger partial charge on any atom is -0.497 e. The summed E-state index contributed by atoms with van der Waals surface area (Å²) in [5.41, 5.74) is 5.86. The maximum absolute atomic E-state index is 10.8. The van der Waals surface area contributed by atoms with Gasteiger partial charge in [-0.3, -0.25) is 4.79 Å². The van der Waals surface area contributed by atoms with E-state index in [1.165, 1.54) is 0 Å². The van der Waals surface area contributed by atoms with Crippen molar-refractivity contribution in [3.8, 4) is 11.5 Å². The summed E-state index contributed by atoms with van der Waals surface area (Å²) in [6, 6.07) is 5.32. The summed E-state index contributed by atoms with van der Waals surface area (Å²) in [7, 11) is 3.16. The van der Waals surface area contributed by atoms with Gasteiger partial charge in [-0.05, 0) is 25.1 Å². The molecule has 106 valence electrons. The molecule has 0 saturated carbocycles. The highest BCUT2D eigenvalue weighted by Crippen LogP contribution is 2.29. The number of primary amides is 1. The van der Waals surface area contributed by atoms with E-state index in [9.17, 15) is 9.90 Å². The average Bonchev–Trinajstić information content (AvgIpc) is 2.43. The number of nitrogens with two attached hydrogens (primary N) is 1. The lowest BCUT2D eigenvalue weighted by Gasteiger charge is -2.19.